The third-order valence-corrected chi connectivity index (χ3v) is 4.61. The number of nitrogens with zero attached hydrogens (tertiary/aromatic N) is 1. The topological polar surface area (TPSA) is 48.1 Å². The molecule has 3 rings (SSSR count). The summed E-state index contributed by atoms with van der Waals surface area (Å²) in [5.41, 5.74) is 9.06. The minimum absolute atomic E-state index is 0.238. The molecular weight excluding hydrogens is 236 g/mol. The monoisotopic (exact) mass is 260 g/mol. The summed E-state index contributed by atoms with van der Waals surface area (Å²) < 4.78 is 5.79. The van der Waals surface area contributed by atoms with Crippen LogP contribution in [0.25, 0.3) is 0 Å². The molecule has 3 heteroatoms. The van der Waals surface area contributed by atoms with Crippen LogP contribution in [0.4, 0.5) is 0 Å². The SMILES string of the molecule is NC(CCC1CCCCO1)C1CCc2cccnc21. The number of nitrogens with two attached hydrogens (primary N) is 1. The minimum atomic E-state index is 0.238. The Morgan fingerprint density at radius 1 is 1.37 bits per heavy atom. The van der Waals surface area contributed by atoms with Crippen molar-refractivity contribution in [2.24, 2.45) is 5.73 Å². The first-order chi connectivity index (χ1) is 9.34. The Morgan fingerprint density at radius 2 is 2.32 bits per heavy atom. The summed E-state index contributed by atoms with van der Waals surface area (Å²) in [6.07, 6.45) is 10.6. The summed E-state index contributed by atoms with van der Waals surface area (Å²) in [5.74, 6) is 0.458. The van der Waals surface area contributed by atoms with Gasteiger partial charge in [-0.05, 0) is 56.6 Å². The largest absolute Gasteiger partial charge is 0.378 e. The van der Waals surface area contributed by atoms with Gasteiger partial charge in [-0.2, -0.15) is 0 Å². The van der Waals surface area contributed by atoms with Crippen molar-refractivity contribution in [3.63, 3.8) is 0 Å². The normalized spacial score (nSPS) is 28.1. The van der Waals surface area contributed by atoms with Gasteiger partial charge in [0.15, 0.2) is 0 Å². The zero-order chi connectivity index (χ0) is 13.1. The molecule has 3 nitrogen and oxygen atoms in total. The van der Waals surface area contributed by atoms with E-state index in [9.17, 15) is 0 Å². The zero-order valence-corrected chi connectivity index (χ0v) is 11.6. The molecule has 0 aromatic carbocycles. The van der Waals surface area contributed by atoms with E-state index in [1.165, 1.54) is 36.9 Å². The first-order valence-corrected chi connectivity index (χ1v) is 7.65. The van der Waals surface area contributed by atoms with Crippen LogP contribution in [0.2, 0.25) is 0 Å². The summed E-state index contributed by atoms with van der Waals surface area (Å²) in [6.45, 7) is 0.938. The van der Waals surface area contributed by atoms with Crippen LogP contribution in [-0.4, -0.2) is 23.7 Å². The van der Waals surface area contributed by atoms with E-state index in [-0.39, 0.29) is 6.04 Å². The summed E-state index contributed by atoms with van der Waals surface area (Å²) >= 11 is 0. The van der Waals surface area contributed by atoms with E-state index in [0.717, 1.165) is 25.9 Å². The van der Waals surface area contributed by atoms with E-state index >= 15 is 0 Å². The highest BCUT2D eigenvalue weighted by Crippen LogP contribution is 2.34. The van der Waals surface area contributed by atoms with Crippen LogP contribution in [0, 0.1) is 0 Å². The van der Waals surface area contributed by atoms with E-state index in [2.05, 4.69) is 11.1 Å². The Bertz CT molecular complexity index is 415. The van der Waals surface area contributed by atoms with Crippen LogP contribution in [0.5, 0.6) is 0 Å². The highest BCUT2D eigenvalue weighted by Gasteiger charge is 2.29. The third kappa shape index (κ3) is 2.98. The molecule has 1 aliphatic carbocycles. The first-order valence-electron chi connectivity index (χ1n) is 7.65. The fourth-order valence-electron chi connectivity index (χ4n) is 3.48. The van der Waals surface area contributed by atoms with Gasteiger partial charge in [-0.1, -0.05) is 6.07 Å². The zero-order valence-electron chi connectivity index (χ0n) is 11.6. The van der Waals surface area contributed by atoms with Gasteiger partial charge in [0.05, 0.1) is 6.10 Å². The van der Waals surface area contributed by atoms with E-state index in [1.807, 2.05) is 12.3 Å². The molecule has 3 atom stereocenters. The molecule has 0 bridgehead atoms. The van der Waals surface area contributed by atoms with Crippen LogP contribution in [0.1, 0.15) is 55.7 Å². The average molecular weight is 260 g/mol. The van der Waals surface area contributed by atoms with Gasteiger partial charge in [-0.25, -0.2) is 0 Å². The lowest BCUT2D eigenvalue weighted by molar-refractivity contribution is 0.00876. The highest BCUT2D eigenvalue weighted by atomic mass is 16.5. The van der Waals surface area contributed by atoms with Crippen molar-refractivity contribution in [2.45, 2.75) is 63.0 Å². The molecular formula is C16H24N2O. The van der Waals surface area contributed by atoms with Gasteiger partial charge in [-0.3, -0.25) is 4.98 Å². The summed E-state index contributed by atoms with van der Waals surface area (Å²) in [6, 6.07) is 4.46. The fraction of sp³-hybridized carbons (Fsp3) is 0.688. The molecule has 0 amide bonds. The number of pyridine rings is 1. The van der Waals surface area contributed by atoms with Crippen LogP contribution in [0.3, 0.4) is 0 Å². The van der Waals surface area contributed by atoms with Gasteiger partial charge in [0.25, 0.3) is 0 Å². The summed E-state index contributed by atoms with van der Waals surface area (Å²) in [4.78, 5) is 4.55. The molecule has 0 saturated carbocycles. The van der Waals surface area contributed by atoms with Gasteiger partial charge in [-0.15, -0.1) is 0 Å². The third-order valence-electron chi connectivity index (χ3n) is 4.61. The van der Waals surface area contributed by atoms with Gasteiger partial charge >= 0.3 is 0 Å². The molecule has 1 fully saturated rings. The maximum atomic E-state index is 6.42. The molecule has 1 aliphatic heterocycles. The lowest BCUT2D eigenvalue weighted by Gasteiger charge is -2.25. The molecule has 3 unspecified atom stereocenters. The fourth-order valence-corrected chi connectivity index (χ4v) is 3.48. The summed E-state index contributed by atoms with van der Waals surface area (Å²) in [7, 11) is 0. The number of aromatic nitrogens is 1. The van der Waals surface area contributed by atoms with E-state index in [4.69, 9.17) is 10.5 Å². The van der Waals surface area contributed by atoms with Crippen molar-refractivity contribution < 1.29 is 4.74 Å². The standard InChI is InChI=1S/C16H24N2O/c17-15(9-7-13-5-1-2-11-19-13)14-8-6-12-4-3-10-18-16(12)14/h3-4,10,13-15H,1-2,5-9,11,17H2. The predicted molar refractivity (Wildman–Crippen MR) is 76.1 cm³/mol. The maximum absolute atomic E-state index is 6.42. The Kier molecular flexibility index (Phi) is 4.14. The molecule has 0 radical (unpaired) electrons. The average Bonchev–Trinajstić information content (AvgIpc) is 2.90. The molecule has 1 aromatic heterocycles. The predicted octanol–water partition coefficient (Wildman–Crippen LogP) is 2.79. The van der Waals surface area contributed by atoms with E-state index < -0.39 is 0 Å². The molecule has 2 heterocycles. The molecule has 104 valence electrons. The van der Waals surface area contributed by atoms with Crippen molar-refractivity contribution in [3.05, 3.63) is 29.6 Å². The van der Waals surface area contributed by atoms with Gasteiger partial charge in [0, 0.05) is 30.5 Å². The van der Waals surface area contributed by atoms with Crippen LogP contribution in [0.15, 0.2) is 18.3 Å². The highest BCUT2D eigenvalue weighted by molar-refractivity contribution is 5.29. The van der Waals surface area contributed by atoms with Crippen LogP contribution >= 0.6 is 0 Å². The second-order valence-corrected chi connectivity index (χ2v) is 5.92. The maximum Gasteiger partial charge on any atom is 0.0575 e. The molecule has 1 saturated heterocycles. The Morgan fingerprint density at radius 3 is 3.16 bits per heavy atom. The van der Waals surface area contributed by atoms with Gasteiger partial charge in [0.1, 0.15) is 0 Å². The van der Waals surface area contributed by atoms with Crippen molar-refractivity contribution >= 4 is 0 Å². The number of fused-ring (bicyclic) bond motifs is 1. The second kappa shape index (κ2) is 6.02. The van der Waals surface area contributed by atoms with Crippen molar-refractivity contribution in [2.75, 3.05) is 6.61 Å². The number of hydrogen-bond acceptors (Lipinski definition) is 3. The Labute approximate surface area is 115 Å². The van der Waals surface area contributed by atoms with E-state index in [0.29, 0.717) is 12.0 Å². The first kappa shape index (κ1) is 13.1. The van der Waals surface area contributed by atoms with Crippen LogP contribution in [-0.2, 0) is 11.2 Å². The lowest BCUT2D eigenvalue weighted by atomic mass is 9.92. The molecule has 1 aromatic rings. The minimum Gasteiger partial charge on any atom is -0.378 e. The Balaban J connectivity index is 1.55. The molecule has 19 heavy (non-hydrogen) atoms. The molecule has 2 N–H and O–H groups in total. The van der Waals surface area contributed by atoms with Gasteiger partial charge < -0.3 is 10.5 Å². The van der Waals surface area contributed by atoms with E-state index in [1.54, 1.807) is 0 Å². The van der Waals surface area contributed by atoms with Crippen molar-refractivity contribution in [3.8, 4) is 0 Å². The van der Waals surface area contributed by atoms with Crippen molar-refractivity contribution in [1.82, 2.24) is 4.98 Å². The number of hydrogen-bond donors (Lipinski definition) is 1. The van der Waals surface area contributed by atoms with Gasteiger partial charge in [0.2, 0.25) is 0 Å². The summed E-state index contributed by atoms with van der Waals surface area (Å²) in [5, 5.41) is 0. The smallest absolute Gasteiger partial charge is 0.0575 e. The van der Waals surface area contributed by atoms with Crippen LogP contribution < -0.4 is 5.73 Å². The quantitative estimate of drug-likeness (QED) is 0.905. The number of ether oxygens (including phenoxy) is 1. The number of rotatable bonds is 4. The molecule has 2 aliphatic rings. The van der Waals surface area contributed by atoms with Crippen molar-refractivity contribution in [1.29, 1.82) is 0 Å². The number of aryl methyl sites for hydroxylation is 1. The second-order valence-electron chi connectivity index (χ2n) is 5.92. The Hall–Kier alpha value is -0.930. The lowest BCUT2D eigenvalue weighted by Crippen LogP contribution is -2.30. The molecule has 0 spiro atoms.